The van der Waals surface area contributed by atoms with E-state index in [-0.39, 0.29) is 0 Å². The first-order valence-corrected chi connectivity index (χ1v) is 11.6. The number of nitrogens with zero attached hydrogens (tertiary/aromatic N) is 2. The molecular formula is C30H19ClN2O2. The Kier molecular flexibility index (Phi) is 5.16. The number of fused-ring (bicyclic) bond motifs is 4. The monoisotopic (exact) mass is 474 g/mol. The highest BCUT2D eigenvalue weighted by Crippen LogP contribution is 2.43. The van der Waals surface area contributed by atoms with Crippen molar-refractivity contribution in [3.05, 3.63) is 113 Å². The number of aromatic nitrogens is 2. The molecule has 4 nitrogen and oxygen atoms in total. The van der Waals surface area contributed by atoms with Gasteiger partial charge in [-0.15, -0.1) is 0 Å². The SMILES string of the molecule is Cc1ccc(C(=O)Oc2c(-c3ccc(Cl)cc3)c3nc4ccccc4nc3c3ccccc23)cc1. The van der Waals surface area contributed by atoms with Crippen LogP contribution in [0, 0.1) is 6.92 Å². The van der Waals surface area contributed by atoms with Crippen molar-refractivity contribution in [1.82, 2.24) is 9.97 Å². The molecule has 5 heteroatoms. The van der Waals surface area contributed by atoms with Crippen molar-refractivity contribution in [1.29, 1.82) is 0 Å². The molecule has 6 aromatic rings. The number of hydrogen-bond acceptors (Lipinski definition) is 4. The molecule has 0 bridgehead atoms. The summed E-state index contributed by atoms with van der Waals surface area (Å²) in [6.45, 7) is 1.98. The van der Waals surface area contributed by atoms with Crippen molar-refractivity contribution in [3.63, 3.8) is 0 Å². The van der Waals surface area contributed by atoms with Crippen molar-refractivity contribution in [3.8, 4) is 16.9 Å². The molecule has 0 N–H and O–H groups in total. The summed E-state index contributed by atoms with van der Waals surface area (Å²) in [7, 11) is 0. The number of aryl methyl sites for hydroxylation is 1. The second kappa shape index (κ2) is 8.49. The predicted octanol–water partition coefficient (Wildman–Crippen LogP) is 7.78. The van der Waals surface area contributed by atoms with Crippen LogP contribution >= 0.6 is 11.6 Å². The fourth-order valence-electron chi connectivity index (χ4n) is 4.32. The van der Waals surface area contributed by atoms with Crippen LogP contribution < -0.4 is 4.74 Å². The number of ether oxygens (including phenoxy) is 1. The standard InChI is InChI=1S/C30H19ClN2O2/c1-18-10-12-20(13-11-18)30(34)35-29-23-7-3-2-6-22(23)27-28(26(29)19-14-16-21(31)17-15-19)33-25-9-5-4-8-24(25)32-27/h2-17H,1H3. The van der Waals surface area contributed by atoms with Gasteiger partial charge >= 0.3 is 5.97 Å². The number of para-hydroxylation sites is 2. The van der Waals surface area contributed by atoms with E-state index in [0.29, 0.717) is 27.4 Å². The molecule has 0 radical (unpaired) electrons. The molecule has 0 aliphatic heterocycles. The van der Waals surface area contributed by atoms with Crippen molar-refractivity contribution < 1.29 is 9.53 Å². The van der Waals surface area contributed by atoms with E-state index in [0.717, 1.165) is 38.4 Å². The zero-order chi connectivity index (χ0) is 23.9. The third-order valence-electron chi connectivity index (χ3n) is 6.08. The molecular weight excluding hydrogens is 456 g/mol. The molecule has 0 saturated heterocycles. The molecule has 168 valence electrons. The first-order chi connectivity index (χ1) is 17.1. The summed E-state index contributed by atoms with van der Waals surface area (Å²) in [5, 5.41) is 2.27. The van der Waals surface area contributed by atoms with Gasteiger partial charge in [-0.25, -0.2) is 14.8 Å². The van der Waals surface area contributed by atoms with E-state index >= 15 is 0 Å². The van der Waals surface area contributed by atoms with Gasteiger partial charge in [0.05, 0.1) is 27.7 Å². The van der Waals surface area contributed by atoms with E-state index in [1.807, 2.05) is 91.9 Å². The van der Waals surface area contributed by atoms with E-state index < -0.39 is 5.97 Å². The van der Waals surface area contributed by atoms with Crippen molar-refractivity contribution >= 4 is 50.4 Å². The van der Waals surface area contributed by atoms with Gasteiger partial charge in [0.15, 0.2) is 0 Å². The van der Waals surface area contributed by atoms with Crippen molar-refractivity contribution in [2.24, 2.45) is 0 Å². The highest BCUT2D eigenvalue weighted by Gasteiger charge is 2.22. The van der Waals surface area contributed by atoms with E-state index in [1.165, 1.54) is 0 Å². The van der Waals surface area contributed by atoms with Gasteiger partial charge in [-0.3, -0.25) is 0 Å². The van der Waals surface area contributed by atoms with E-state index in [9.17, 15) is 4.79 Å². The van der Waals surface area contributed by atoms with Crippen LogP contribution in [0.2, 0.25) is 5.02 Å². The third-order valence-corrected chi connectivity index (χ3v) is 6.33. The normalized spacial score (nSPS) is 11.3. The summed E-state index contributed by atoms with van der Waals surface area (Å²) in [4.78, 5) is 23.2. The van der Waals surface area contributed by atoms with Gasteiger partial charge in [0.2, 0.25) is 0 Å². The maximum atomic E-state index is 13.3. The molecule has 0 amide bonds. The van der Waals surface area contributed by atoms with Crippen LogP contribution in [0.25, 0.3) is 44.0 Å². The number of halogens is 1. The minimum absolute atomic E-state index is 0.432. The predicted molar refractivity (Wildman–Crippen MR) is 141 cm³/mol. The van der Waals surface area contributed by atoms with Gasteiger partial charge in [0, 0.05) is 15.8 Å². The summed E-state index contributed by atoms with van der Waals surface area (Å²) >= 11 is 6.19. The number of carbonyl (C=O) groups is 1. The topological polar surface area (TPSA) is 52.1 Å². The lowest BCUT2D eigenvalue weighted by atomic mass is 9.96. The molecule has 0 atom stereocenters. The van der Waals surface area contributed by atoms with Crippen LogP contribution in [0.5, 0.6) is 5.75 Å². The number of carbonyl (C=O) groups excluding carboxylic acids is 1. The average molecular weight is 475 g/mol. The number of hydrogen-bond donors (Lipinski definition) is 0. The van der Waals surface area contributed by atoms with Crippen LogP contribution in [0.3, 0.4) is 0 Å². The van der Waals surface area contributed by atoms with Gasteiger partial charge in [-0.2, -0.15) is 0 Å². The molecule has 5 aromatic carbocycles. The lowest BCUT2D eigenvalue weighted by Crippen LogP contribution is -2.10. The first-order valence-electron chi connectivity index (χ1n) is 11.2. The molecule has 0 aliphatic rings. The summed E-state index contributed by atoms with van der Waals surface area (Å²) < 4.78 is 6.15. The molecule has 6 rings (SSSR count). The fraction of sp³-hybridized carbons (Fsp3) is 0.0333. The van der Waals surface area contributed by atoms with Crippen LogP contribution in [-0.4, -0.2) is 15.9 Å². The largest absolute Gasteiger partial charge is 0.422 e. The molecule has 35 heavy (non-hydrogen) atoms. The highest BCUT2D eigenvalue weighted by molar-refractivity contribution is 6.30. The minimum Gasteiger partial charge on any atom is -0.422 e. The zero-order valence-electron chi connectivity index (χ0n) is 18.8. The van der Waals surface area contributed by atoms with Gasteiger partial charge in [0.25, 0.3) is 0 Å². The van der Waals surface area contributed by atoms with E-state index in [2.05, 4.69) is 0 Å². The van der Waals surface area contributed by atoms with Crippen molar-refractivity contribution in [2.75, 3.05) is 0 Å². The Morgan fingerprint density at radius 1 is 0.714 bits per heavy atom. The lowest BCUT2D eigenvalue weighted by Gasteiger charge is -2.17. The molecule has 1 heterocycles. The Labute approximate surface area is 206 Å². The molecule has 0 unspecified atom stereocenters. The lowest BCUT2D eigenvalue weighted by molar-refractivity contribution is 0.0738. The number of benzene rings is 5. The fourth-order valence-corrected chi connectivity index (χ4v) is 4.45. The summed E-state index contributed by atoms with van der Waals surface area (Å²) in [6, 6.07) is 30.4. The molecule has 0 spiro atoms. The van der Waals surface area contributed by atoms with Crippen LogP contribution in [-0.2, 0) is 0 Å². The summed E-state index contributed by atoms with van der Waals surface area (Å²) in [5.41, 5.74) is 6.07. The van der Waals surface area contributed by atoms with Gasteiger partial charge in [-0.1, -0.05) is 77.8 Å². The van der Waals surface area contributed by atoms with Gasteiger partial charge in [-0.05, 0) is 48.9 Å². The Balaban J connectivity index is 1.70. The summed E-state index contributed by atoms with van der Waals surface area (Å²) in [6.07, 6.45) is 0. The average Bonchev–Trinajstić information content (AvgIpc) is 2.89. The Hall–Kier alpha value is -4.28. The highest BCUT2D eigenvalue weighted by atomic mass is 35.5. The Morgan fingerprint density at radius 2 is 1.31 bits per heavy atom. The number of rotatable bonds is 3. The quantitative estimate of drug-likeness (QED) is 0.114. The maximum absolute atomic E-state index is 13.3. The molecule has 1 aromatic heterocycles. The van der Waals surface area contributed by atoms with Crippen LogP contribution in [0.4, 0.5) is 0 Å². The van der Waals surface area contributed by atoms with Crippen molar-refractivity contribution in [2.45, 2.75) is 6.92 Å². The van der Waals surface area contributed by atoms with E-state index in [4.69, 9.17) is 26.3 Å². The summed E-state index contributed by atoms with van der Waals surface area (Å²) in [5.74, 6) is 0.0176. The molecule has 0 fully saturated rings. The van der Waals surface area contributed by atoms with Gasteiger partial charge < -0.3 is 4.74 Å². The molecule has 0 aliphatic carbocycles. The second-order valence-electron chi connectivity index (χ2n) is 8.42. The van der Waals surface area contributed by atoms with Gasteiger partial charge in [0.1, 0.15) is 11.3 Å². The molecule has 0 saturated carbocycles. The Morgan fingerprint density at radius 3 is 2.00 bits per heavy atom. The zero-order valence-corrected chi connectivity index (χ0v) is 19.6. The maximum Gasteiger partial charge on any atom is 0.343 e. The van der Waals surface area contributed by atoms with Crippen LogP contribution in [0.1, 0.15) is 15.9 Å². The Bertz CT molecular complexity index is 1740. The second-order valence-corrected chi connectivity index (χ2v) is 8.86. The first kappa shape index (κ1) is 21.3. The third kappa shape index (κ3) is 3.78. The van der Waals surface area contributed by atoms with E-state index in [1.54, 1.807) is 12.1 Å². The number of esters is 1. The van der Waals surface area contributed by atoms with Crippen LogP contribution in [0.15, 0.2) is 97.1 Å². The minimum atomic E-state index is -0.432. The smallest absolute Gasteiger partial charge is 0.343 e.